The van der Waals surface area contributed by atoms with Gasteiger partial charge in [0.2, 0.25) is 0 Å². The maximum absolute atomic E-state index is 5.56. The van der Waals surface area contributed by atoms with Crippen molar-refractivity contribution in [2.24, 2.45) is 11.7 Å². The average molecular weight is 128 g/mol. The van der Waals surface area contributed by atoms with Crippen molar-refractivity contribution in [2.45, 2.75) is 25.8 Å². The van der Waals surface area contributed by atoms with Crippen LogP contribution in [-0.4, -0.2) is 19.1 Å². The molecule has 2 unspecified atom stereocenters. The van der Waals surface area contributed by atoms with Crippen molar-refractivity contribution in [3.63, 3.8) is 0 Å². The molecule has 2 heteroatoms. The van der Waals surface area contributed by atoms with Crippen LogP contribution in [0.15, 0.2) is 0 Å². The molecule has 2 atom stereocenters. The summed E-state index contributed by atoms with van der Waals surface area (Å²) in [5, 5.41) is 3.43. The molecule has 1 saturated heterocycles. The second-order valence-electron chi connectivity index (χ2n) is 2.75. The Kier molecular flexibility index (Phi) is 2.49. The van der Waals surface area contributed by atoms with Gasteiger partial charge in [0.25, 0.3) is 0 Å². The highest BCUT2D eigenvalue weighted by Crippen LogP contribution is 2.15. The molecule has 1 aliphatic rings. The fourth-order valence-electron chi connectivity index (χ4n) is 1.58. The third-order valence-corrected chi connectivity index (χ3v) is 2.23. The Morgan fingerprint density at radius 2 is 2.44 bits per heavy atom. The van der Waals surface area contributed by atoms with Gasteiger partial charge in [-0.05, 0) is 31.8 Å². The van der Waals surface area contributed by atoms with Gasteiger partial charge in [0.15, 0.2) is 0 Å². The van der Waals surface area contributed by atoms with Crippen LogP contribution in [0.25, 0.3) is 0 Å². The summed E-state index contributed by atoms with van der Waals surface area (Å²) in [5.41, 5.74) is 5.56. The molecule has 0 amide bonds. The predicted molar refractivity (Wildman–Crippen MR) is 39.2 cm³/mol. The van der Waals surface area contributed by atoms with E-state index in [1.807, 2.05) is 0 Å². The maximum atomic E-state index is 5.56. The highest BCUT2D eigenvalue weighted by Gasteiger charge is 2.22. The summed E-state index contributed by atoms with van der Waals surface area (Å²) in [6.45, 7) is 4.23. The molecule has 3 N–H and O–H groups in total. The molecule has 0 saturated carbocycles. The molecule has 2 nitrogen and oxygen atoms in total. The Labute approximate surface area is 56.8 Å². The lowest BCUT2D eigenvalue weighted by Crippen LogP contribution is -2.30. The van der Waals surface area contributed by atoms with Crippen LogP contribution in [-0.2, 0) is 0 Å². The molecule has 0 aromatic carbocycles. The van der Waals surface area contributed by atoms with E-state index in [1.54, 1.807) is 0 Å². The molecule has 0 aromatic heterocycles. The Balaban J connectivity index is 2.32. The third kappa shape index (κ3) is 1.43. The van der Waals surface area contributed by atoms with Crippen molar-refractivity contribution in [1.82, 2.24) is 5.32 Å². The first kappa shape index (κ1) is 7.03. The van der Waals surface area contributed by atoms with Crippen LogP contribution >= 0.6 is 0 Å². The SMILES string of the molecule is CCC1NCCC1CN. The average Bonchev–Trinajstić information content (AvgIpc) is 2.33. The number of nitrogens with two attached hydrogens (primary N) is 1. The van der Waals surface area contributed by atoms with Crippen molar-refractivity contribution in [3.8, 4) is 0 Å². The molecule has 9 heavy (non-hydrogen) atoms. The van der Waals surface area contributed by atoms with E-state index in [0.29, 0.717) is 6.04 Å². The van der Waals surface area contributed by atoms with Crippen molar-refractivity contribution < 1.29 is 0 Å². The molecular formula is C7H16N2. The molecule has 0 spiro atoms. The van der Waals surface area contributed by atoms with E-state index in [1.165, 1.54) is 19.4 Å². The van der Waals surface area contributed by atoms with Crippen LogP contribution in [0.3, 0.4) is 0 Å². The van der Waals surface area contributed by atoms with Crippen molar-refractivity contribution in [3.05, 3.63) is 0 Å². The van der Waals surface area contributed by atoms with Gasteiger partial charge in [-0.2, -0.15) is 0 Å². The second-order valence-corrected chi connectivity index (χ2v) is 2.75. The van der Waals surface area contributed by atoms with Gasteiger partial charge in [-0.25, -0.2) is 0 Å². The second kappa shape index (κ2) is 3.18. The molecule has 1 rings (SSSR count). The van der Waals surface area contributed by atoms with E-state index in [9.17, 15) is 0 Å². The smallest absolute Gasteiger partial charge is 0.0105 e. The normalized spacial score (nSPS) is 35.3. The summed E-state index contributed by atoms with van der Waals surface area (Å²) in [6, 6.07) is 0.704. The molecule has 0 bridgehead atoms. The Bertz CT molecular complexity index is 73.0. The fourth-order valence-corrected chi connectivity index (χ4v) is 1.58. The molecule has 1 fully saturated rings. The summed E-state index contributed by atoms with van der Waals surface area (Å²) >= 11 is 0. The summed E-state index contributed by atoms with van der Waals surface area (Å²) in [6.07, 6.45) is 2.50. The number of nitrogens with one attached hydrogen (secondary N) is 1. The molecule has 0 aromatic rings. The van der Waals surface area contributed by atoms with E-state index >= 15 is 0 Å². The zero-order valence-corrected chi connectivity index (χ0v) is 6.06. The minimum absolute atomic E-state index is 0.704. The van der Waals surface area contributed by atoms with E-state index in [4.69, 9.17) is 5.73 Å². The van der Waals surface area contributed by atoms with E-state index in [-0.39, 0.29) is 0 Å². The first-order valence-corrected chi connectivity index (χ1v) is 3.82. The van der Waals surface area contributed by atoms with Gasteiger partial charge < -0.3 is 11.1 Å². The Hall–Kier alpha value is -0.0800. The summed E-state index contributed by atoms with van der Waals surface area (Å²) < 4.78 is 0. The van der Waals surface area contributed by atoms with Gasteiger partial charge >= 0.3 is 0 Å². The lowest BCUT2D eigenvalue weighted by molar-refractivity contribution is 0.445. The minimum atomic E-state index is 0.704. The fraction of sp³-hybridized carbons (Fsp3) is 1.00. The monoisotopic (exact) mass is 128 g/mol. The van der Waals surface area contributed by atoms with Crippen LogP contribution in [0.5, 0.6) is 0 Å². The Morgan fingerprint density at radius 1 is 1.67 bits per heavy atom. The topological polar surface area (TPSA) is 38.0 Å². The van der Waals surface area contributed by atoms with Crippen LogP contribution in [0.4, 0.5) is 0 Å². The highest BCUT2D eigenvalue weighted by atomic mass is 15.0. The minimum Gasteiger partial charge on any atom is -0.330 e. The van der Waals surface area contributed by atoms with Gasteiger partial charge in [-0.1, -0.05) is 6.92 Å². The van der Waals surface area contributed by atoms with Gasteiger partial charge in [-0.3, -0.25) is 0 Å². The maximum Gasteiger partial charge on any atom is 0.0105 e. The lowest BCUT2D eigenvalue weighted by Gasteiger charge is -2.14. The zero-order valence-electron chi connectivity index (χ0n) is 6.06. The Morgan fingerprint density at radius 3 is 2.89 bits per heavy atom. The van der Waals surface area contributed by atoms with Crippen molar-refractivity contribution >= 4 is 0 Å². The molecule has 0 radical (unpaired) electrons. The van der Waals surface area contributed by atoms with Crippen molar-refractivity contribution in [1.29, 1.82) is 0 Å². The summed E-state index contributed by atoms with van der Waals surface area (Å²) in [7, 11) is 0. The highest BCUT2D eigenvalue weighted by molar-refractivity contribution is 4.82. The third-order valence-electron chi connectivity index (χ3n) is 2.23. The molecule has 1 aliphatic heterocycles. The largest absolute Gasteiger partial charge is 0.330 e. The van der Waals surface area contributed by atoms with Crippen LogP contribution in [0.2, 0.25) is 0 Å². The van der Waals surface area contributed by atoms with E-state index < -0.39 is 0 Å². The van der Waals surface area contributed by atoms with Crippen LogP contribution < -0.4 is 11.1 Å². The molecule has 54 valence electrons. The van der Waals surface area contributed by atoms with E-state index in [0.717, 1.165) is 12.5 Å². The first-order chi connectivity index (χ1) is 4.38. The lowest BCUT2D eigenvalue weighted by atomic mass is 9.99. The predicted octanol–water partition coefficient (Wildman–Crippen LogP) is 0.333. The van der Waals surface area contributed by atoms with Crippen LogP contribution in [0, 0.1) is 5.92 Å². The zero-order chi connectivity index (χ0) is 6.69. The summed E-state index contributed by atoms with van der Waals surface area (Å²) in [4.78, 5) is 0. The first-order valence-electron chi connectivity index (χ1n) is 3.82. The summed E-state index contributed by atoms with van der Waals surface area (Å²) in [5.74, 6) is 0.745. The number of rotatable bonds is 2. The van der Waals surface area contributed by atoms with Gasteiger partial charge in [-0.15, -0.1) is 0 Å². The quantitative estimate of drug-likeness (QED) is 0.562. The van der Waals surface area contributed by atoms with Crippen LogP contribution in [0.1, 0.15) is 19.8 Å². The van der Waals surface area contributed by atoms with Gasteiger partial charge in [0.1, 0.15) is 0 Å². The standard InChI is InChI=1S/C7H16N2/c1-2-7-6(5-8)3-4-9-7/h6-7,9H,2-5,8H2,1H3. The van der Waals surface area contributed by atoms with Crippen molar-refractivity contribution in [2.75, 3.05) is 13.1 Å². The van der Waals surface area contributed by atoms with E-state index in [2.05, 4.69) is 12.2 Å². The molecule has 0 aliphatic carbocycles. The molecular weight excluding hydrogens is 112 g/mol. The molecule has 1 heterocycles. The number of hydrogen-bond acceptors (Lipinski definition) is 2. The van der Waals surface area contributed by atoms with Gasteiger partial charge in [0.05, 0.1) is 0 Å². The van der Waals surface area contributed by atoms with Gasteiger partial charge in [0, 0.05) is 6.04 Å². The number of hydrogen-bond donors (Lipinski definition) is 2.